The number of hydrogen-bond donors (Lipinski definition) is 1. The second kappa shape index (κ2) is 6.31. The van der Waals surface area contributed by atoms with Crippen LogP contribution in [-0.2, 0) is 0 Å². The van der Waals surface area contributed by atoms with Crippen LogP contribution < -0.4 is 4.90 Å². The SMILES string of the molecule is CSc1cccc(N(C)C2CCCCC2O)c1C#N. The van der Waals surface area contributed by atoms with Crippen molar-refractivity contribution >= 4 is 17.4 Å². The average molecular weight is 276 g/mol. The van der Waals surface area contributed by atoms with Crippen molar-refractivity contribution in [3.05, 3.63) is 23.8 Å². The summed E-state index contributed by atoms with van der Waals surface area (Å²) in [6.45, 7) is 0. The van der Waals surface area contributed by atoms with Gasteiger partial charge < -0.3 is 10.0 Å². The molecule has 2 rings (SSSR count). The van der Waals surface area contributed by atoms with Crippen molar-refractivity contribution in [2.24, 2.45) is 0 Å². The number of aliphatic hydroxyl groups is 1. The van der Waals surface area contributed by atoms with Gasteiger partial charge in [0.05, 0.1) is 23.4 Å². The van der Waals surface area contributed by atoms with E-state index in [0.717, 1.165) is 41.8 Å². The maximum atomic E-state index is 10.2. The molecule has 0 aromatic heterocycles. The average Bonchev–Trinajstić information content (AvgIpc) is 2.46. The fourth-order valence-electron chi connectivity index (χ4n) is 2.82. The highest BCUT2D eigenvalue weighted by Gasteiger charge is 2.28. The first kappa shape index (κ1) is 14.2. The van der Waals surface area contributed by atoms with E-state index < -0.39 is 0 Å². The van der Waals surface area contributed by atoms with E-state index in [1.165, 1.54) is 0 Å². The highest BCUT2D eigenvalue weighted by atomic mass is 32.2. The minimum atomic E-state index is -0.289. The van der Waals surface area contributed by atoms with Crippen molar-refractivity contribution in [3.8, 4) is 6.07 Å². The second-order valence-electron chi connectivity index (χ2n) is 5.00. The molecule has 1 aliphatic carbocycles. The standard InChI is InChI=1S/C15H20N2OS/c1-17(13-6-3-4-8-14(13)18)12-7-5-9-15(19-2)11(12)10-16/h5,7,9,13-14,18H,3-4,6,8H2,1-2H3. The van der Waals surface area contributed by atoms with E-state index in [1.54, 1.807) is 11.8 Å². The topological polar surface area (TPSA) is 47.3 Å². The molecule has 1 aromatic carbocycles. The lowest BCUT2D eigenvalue weighted by Gasteiger charge is -2.37. The third kappa shape index (κ3) is 2.88. The van der Waals surface area contributed by atoms with E-state index in [1.807, 2.05) is 31.5 Å². The smallest absolute Gasteiger partial charge is 0.103 e. The van der Waals surface area contributed by atoms with Gasteiger partial charge >= 0.3 is 0 Å². The molecule has 0 radical (unpaired) electrons. The molecule has 1 aliphatic rings. The molecule has 2 atom stereocenters. The van der Waals surface area contributed by atoms with Gasteiger partial charge in [-0.3, -0.25) is 0 Å². The lowest BCUT2D eigenvalue weighted by Crippen LogP contribution is -2.43. The zero-order chi connectivity index (χ0) is 13.8. The normalized spacial score (nSPS) is 22.8. The first-order valence-electron chi connectivity index (χ1n) is 6.67. The number of likely N-dealkylation sites (N-methyl/N-ethyl adjacent to an activating group) is 1. The molecular weight excluding hydrogens is 256 g/mol. The summed E-state index contributed by atoms with van der Waals surface area (Å²) in [5.74, 6) is 0. The minimum absolute atomic E-state index is 0.123. The Morgan fingerprint density at radius 2 is 2.11 bits per heavy atom. The van der Waals surface area contributed by atoms with Gasteiger partial charge in [-0.15, -0.1) is 11.8 Å². The maximum absolute atomic E-state index is 10.2. The Balaban J connectivity index is 2.33. The summed E-state index contributed by atoms with van der Waals surface area (Å²) in [5.41, 5.74) is 1.65. The first-order valence-corrected chi connectivity index (χ1v) is 7.89. The molecule has 0 amide bonds. The predicted molar refractivity (Wildman–Crippen MR) is 79.6 cm³/mol. The summed E-state index contributed by atoms with van der Waals surface area (Å²) in [4.78, 5) is 3.08. The van der Waals surface area contributed by atoms with Crippen LogP contribution in [0.3, 0.4) is 0 Å². The Hall–Kier alpha value is -1.18. The van der Waals surface area contributed by atoms with E-state index >= 15 is 0 Å². The van der Waals surface area contributed by atoms with Gasteiger partial charge in [-0.1, -0.05) is 18.9 Å². The number of hydrogen-bond acceptors (Lipinski definition) is 4. The molecule has 0 heterocycles. The quantitative estimate of drug-likeness (QED) is 0.862. The Labute approximate surface area is 119 Å². The zero-order valence-corrected chi connectivity index (χ0v) is 12.3. The van der Waals surface area contributed by atoms with Crippen molar-refractivity contribution in [2.75, 3.05) is 18.2 Å². The molecule has 1 fully saturated rings. The number of rotatable bonds is 3. The van der Waals surface area contributed by atoms with Gasteiger partial charge in [-0.2, -0.15) is 5.26 Å². The Bertz CT molecular complexity index is 484. The number of nitrogens with zero attached hydrogens (tertiary/aromatic N) is 2. The van der Waals surface area contributed by atoms with Crippen LogP contribution in [0.25, 0.3) is 0 Å². The van der Waals surface area contributed by atoms with Crippen molar-refractivity contribution in [1.82, 2.24) is 0 Å². The Morgan fingerprint density at radius 1 is 1.37 bits per heavy atom. The van der Waals surface area contributed by atoms with E-state index in [0.29, 0.717) is 0 Å². The third-order valence-electron chi connectivity index (χ3n) is 3.91. The van der Waals surface area contributed by atoms with Crippen molar-refractivity contribution in [1.29, 1.82) is 5.26 Å². The monoisotopic (exact) mass is 276 g/mol. The summed E-state index contributed by atoms with van der Waals surface area (Å²) in [7, 11) is 1.99. The molecule has 1 saturated carbocycles. The van der Waals surface area contributed by atoms with E-state index in [4.69, 9.17) is 0 Å². The lowest BCUT2D eigenvalue weighted by molar-refractivity contribution is 0.106. The molecule has 0 saturated heterocycles. The fraction of sp³-hybridized carbons (Fsp3) is 0.533. The maximum Gasteiger partial charge on any atom is 0.103 e. The molecule has 0 bridgehead atoms. The van der Waals surface area contributed by atoms with Gasteiger partial charge in [0.15, 0.2) is 0 Å². The Kier molecular flexibility index (Phi) is 4.73. The Morgan fingerprint density at radius 3 is 2.74 bits per heavy atom. The van der Waals surface area contributed by atoms with Gasteiger partial charge in [0.2, 0.25) is 0 Å². The number of aliphatic hydroxyl groups excluding tert-OH is 1. The lowest BCUT2D eigenvalue weighted by atomic mass is 9.91. The van der Waals surface area contributed by atoms with Crippen LogP contribution in [0.5, 0.6) is 0 Å². The summed E-state index contributed by atoms with van der Waals surface area (Å²) < 4.78 is 0. The molecule has 102 valence electrons. The van der Waals surface area contributed by atoms with Gasteiger partial charge in [-0.05, 0) is 31.2 Å². The van der Waals surface area contributed by atoms with Crippen LogP contribution in [0.15, 0.2) is 23.1 Å². The second-order valence-corrected chi connectivity index (χ2v) is 5.84. The number of anilines is 1. The van der Waals surface area contributed by atoms with Crippen LogP contribution in [-0.4, -0.2) is 30.6 Å². The molecule has 1 aromatic rings. The largest absolute Gasteiger partial charge is 0.391 e. The number of nitriles is 1. The highest BCUT2D eigenvalue weighted by molar-refractivity contribution is 7.98. The van der Waals surface area contributed by atoms with E-state index in [-0.39, 0.29) is 12.1 Å². The number of thioether (sulfide) groups is 1. The van der Waals surface area contributed by atoms with Crippen LogP contribution in [0.2, 0.25) is 0 Å². The molecule has 2 unspecified atom stereocenters. The summed E-state index contributed by atoms with van der Waals surface area (Å²) in [6, 6.07) is 8.35. The molecule has 0 spiro atoms. The molecule has 4 heteroatoms. The minimum Gasteiger partial charge on any atom is -0.391 e. The molecular formula is C15H20N2OS. The van der Waals surface area contributed by atoms with Crippen molar-refractivity contribution < 1.29 is 5.11 Å². The predicted octanol–water partition coefficient (Wildman–Crippen LogP) is 3.02. The molecule has 3 nitrogen and oxygen atoms in total. The third-order valence-corrected chi connectivity index (χ3v) is 4.69. The molecule has 19 heavy (non-hydrogen) atoms. The molecule has 0 aliphatic heterocycles. The van der Waals surface area contributed by atoms with Crippen LogP contribution in [0.1, 0.15) is 31.2 Å². The first-order chi connectivity index (χ1) is 9.19. The summed E-state index contributed by atoms with van der Waals surface area (Å²) in [6.07, 6.45) is 5.79. The van der Waals surface area contributed by atoms with Crippen LogP contribution in [0, 0.1) is 11.3 Å². The molecule has 1 N–H and O–H groups in total. The van der Waals surface area contributed by atoms with Crippen molar-refractivity contribution in [3.63, 3.8) is 0 Å². The van der Waals surface area contributed by atoms with Crippen molar-refractivity contribution in [2.45, 2.75) is 42.7 Å². The summed E-state index contributed by atoms with van der Waals surface area (Å²) >= 11 is 1.59. The van der Waals surface area contributed by atoms with Gasteiger partial charge in [0, 0.05) is 11.9 Å². The fourth-order valence-corrected chi connectivity index (χ4v) is 3.39. The van der Waals surface area contributed by atoms with Crippen LogP contribution in [0.4, 0.5) is 5.69 Å². The number of benzene rings is 1. The van der Waals surface area contributed by atoms with E-state index in [9.17, 15) is 10.4 Å². The zero-order valence-electron chi connectivity index (χ0n) is 11.5. The van der Waals surface area contributed by atoms with Gasteiger partial charge in [0.25, 0.3) is 0 Å². The summed E-state index contributed by atoms with van der Waals surface area (Å²) in [5, 5.41) is 19.6. The van der Waals surface area contributed by atoms with E-state index in [2.05, 4.69) is 11.0 Å². The van der Waals surface area contributed by atoms with Gasteiger partial charge in [0.1, 0.15) is 6.07 Å². The van der Waals surface area contributed by atoms with Crippen LogP contribution >= 0.6 is 11.8 Å². The highest BCUT2D eigenvalue weighted by Crippen LogP contribution is 2.32. The van der Waals surface area contributed by atoms with Gasteiger partial charge in [-0.25, -0.2) is 0 Å².